The van der Waals surface area contributed by atoms with E-state index < -0.39 is 124 Å². The molecule has 0 aliphatic carbocycles. The van der Waals surface area contributed by atoms with Crippen molar-refractivity contribution in [2.75, 3.05) is 26.4 Å². The highest BCUT2D eigenvalue weighted by molar-refractivity contribution is 5.76. The molecule has 19 nitrogen and oxygen atoms in total. The molecular formula is C75H133NO18. The third kappa shape index (κ3) is 36.9. The van der Waals surface area contributed by atoms with Crippen molar-refractivity contribution in [2.24, 2.45) is 0 Å². The van der Waals surface area contributed by atoms with Gasteiger partial charge in [-0.3, -0.25) is 4.79 Å². The fourth-order valence-corrected chi connectivity index (χ4v) is 12.3. The van der Waals surface area contributed by atoms with Crippen molar-refractivity contribution in [3.8, 4) is 0 Å². The topological polar surface area (TPSA) is 307 Å². The summed E-state index contributed by atoms with van der Waals surface area (Å²) in [5.74, 6) is -0.285. The lowest BCUT2D eigenvalue weighted by Crippen LogP contribution is -2.66. The average Bonchev–Trinajstić information content (AvgIpc) is 0.788. The second kappa shape index (κ2) is 56.0. The highest BCUT2D eigenvalue weighted by Gasteiger charge is 2.53. The molecule has 3 aliphatic heterocycles. The number of rotatable bonds is 57. The first-order valence-corrected chi connectivity index (χ1v) is 37.2. The predicted molar refractivity (Wildman–Crippen MR) is 369 cm³/mol. The van der Waals surface area contributed by atoms with E-state index in [0.717, 1.165) is 64.2 Å². The van der Waals surface area contributed by atoms with Gasteiger partial charge in [-0.2, -0.15) is 0 Å². The predicted octanol–water partition coefficient (Wildman–Crippen LogP) is 10.9. The van der Waals surface area contributed by atoms with Crippen LogP contribution in [0.2, 0.25) is 0 Å². The molecule has 94 heavy (non-hydrogen) atoms. The first kappa shape index (κ1) is 85.5. The Hall–Kier alpha value is -2.77. The Morgan fingerprint density at radius 2 is 0.745 bits per heavy atom. The maximum absolute atomic E-state index is 13.4. The molecule has 3 heterocycles. The molecule has 1 amide bonds. The van der Waals surface area contributed by atoms with Gasteiger partial charge in [0, 0.05) is 6.42 Å². The van der Waals surface area contributed by atoms with Crippen molar-refractivity contribution in [1.29, 1.82) is 0 Å². The third-order valence-electron chi connectivity index (χ3n) is 18.2. The second-order valence-corrected chi connectivity index (χ2v) is 26.4. The molecule has 0 spiro atoms. The molecule has 0 aromatic rings. The summed E-state index contributed by atoms with van der Waals surface area (Å²) in [5, 5.41) is 120. The number of hydrogen-bond donors (Lipinski definition) is 12. The lowest BCUT2D eigenvalue weighted by molar-refractivity contribution is -0.379. The van der Waals surface area contributed by atoms with Gasteiger partial charge >= 0.3 is 0 Å². The lowest BCUT2D eigenvalue weighted by Gasteiger charge is -2.48. The minimum Gasteiger partial charge on any atom is -0.394 e. The number of nitrogens with one attached hydrogen (secondary N) is 1. The van der Waals surface area contributed by atoms with Crippen LogP contribution in [-0.4, -0.2) is 193 Å². The number of aliphatic hydroxyl groups is 11. The summed E-state index contributed by atoms with van der Waals surface area (Å²) in [6.07, 6.45) is 45.2. The fourth-order valence-electron chi connectivity index (χ4n) is 12.3. The Balaban J connectivity index is 1.27. The number of carbonyl (C=O) groups excluding carboxylic acids is 1. The van der Waals surface area contributed by atoms with E-state index in [4.69, 9.17) is 28.4 Å². The molecule has 0 saturated carbocycles. The van der Waals surface area contributed by atoms with Crippen molar-refractivity contribution in [3.05, 3.63) is 72.9 Å². The van der Waals surface area contributed by atoms with Gasteiger partial charge in [-0.1, -0.05) is 260 Å². The van der Waals surface area contributed by atoms with Crippen LogP contribution in [0.3, 0.4) is 0 Å². The van der Waals surface area contributed by atoms with E-state index in [1.54, 1.807) is 6.08 Å². The molecule has 3 rings (SSSR count). The van der Waals surface area contributed by atoms with Gasteiger partial charge in [0.1, 0.15) is 73.2 Å². The molecule has 17 unspecified atom stereocenters. The van der Waals surface area contributed by atoms with Gasteiger partial charge in [0.25, 0.3) is 0 Å². The molecule has 3 aliphatic rings. The summed E-state index contributed by atoms with van der Waals surface area (Å²) in [5.41, 5.74) is 0. The molecule has 0 radical (unpaired) electrons. The van der Waals surface area contributed by atoms with E-state index in [1.165, 1.54) is 167 Å². The van der Waals surface area contributed by atoms with Crippen molar-refractivity contribution in [2.45, 2.75) is 369 Å². The van der Waals surface area contributed by atoms with Crippen molar-refractivity contribution >= 4 is 5.91 Å². The molecule has 0 bridgehead atoms. The van der Waals surface area contributed by atoms with Gasteiger partial charge in [-0.15, -0.1) is 0 Å². The van der Waals surface area contributed by atoms with Crippen molar-refractivity contribution < 1.29 is 89.4 Å². The van der Waals surface area contributed by atoms with Crippen LogP contribution in [0.15, 0.2) is 72.9 Å². The number of aliphatic hydroxyl groups excluding tert-OH is 11. The molecule has 19 heteroatoms. The molecule has 3 saturated heterocycles. The Bertz CT molecular complexity index is 1980. The van der Waals surface area contributed by atoms with Crippen molar-refractivity contribution in [1.82, 2.24) is 5.32 Å². The Morgan fingerprint density at radius 3 is 1.19 bits per heavy atom. The van der Waals surface area contributed by atoms with Gasteiger partial charge in [-0.25, -0.2) is 0 Å². The highest BCUT2D eigenvalue weighted by atomic mass is 16.8. The van der Waals surface area contributed by atoms with E-state index in [9.17, 15) is 61.0 Å². The molecule has 0 aromatic heterocycles. The molecule has 0 aromatic carbocycles. The Kier molecular flexibility index (Phi) is 50.9. The number of amides is 1. The minimum absolute atomic E-state index is 0.237. The van der Waals surface area contributed by atoms with Gasteiger partial charge < -0.3 is 89.9 Å². The van der Waals surface area contributed by atoms with Crippen LogP contribution >= 0.6 is 0 Å². The number of allylic oxidation sites excluding steroid dienone is 11. The highest BCUT2D eigenvalue weighted by Crippen LogP contribution is 2.33. The lowest BCUT2D eigenvalue weighted by atomic mass is 9.96. The zero-order valence-corrected chi connectivity index (χ0v) is 57.9. The van der Waals surface area contributed by atoms with E-state index in [-0.39, 0.29) is 18.9 Å². The quantitative estimate of drug-likeness (QED) is 0.0199. The SMILES string of the molecule is CC/C=C\C/C=C\C/C=C\C/C=C\CCCCCCCCCCCCCCCCCCCCCCCCCCCCC(=O)NC(COC1OC(CO)C(OC2OC(CO)C(OC3OC(CO)C(O)C(O)C3O)C(O)C2O)C(O)C1O)C(O)/C=C/CC/C=C/CCCCCC. The van der Waals surface area contributed by atoms with E-state index >= 15 is 0 Å². The third-order valence-corrected chi connectivity index (χ3v) is 18.2. The molecule has 17 atom stereocenters. The Labute approximate surface area is 566 Å². The zero-order valence-electron chi connectivity index (χ0n) is 57.9. The summed E-state index contributed by atoms with van der Waals surface area (Å²) >= 11 is 0. The number of unbranched alkanes of at least 4 members (excludes halogenated alkanes) is 31. The summed E-state index contributed by atoms with van der Waals surface area (Å²) in [6.45, 7) is 1.56. The smallest absolute Gasteiger partial charge is 0.220 e. The van der Waals surface area contributed by atoms with E-state index in [0.29, 0.717) is 12.8 Å². The largest absolute Gasteiger partial charge is 0.394 e. The summed E-state index contributed by atoms with van der Waals surface area (Å²) in [4.78, 5) is 13.4. The van der Waals surface area contributed by atoms with Gasteiger partial charge in [-0.05, 0) is 70.6 Å². The maximum atomic E-state index is 13.4. The number of carbonyl (C=O) groups is 1. The van der Waals surface area contributed by atoms with E-state index in [1.807, 2.05) is 6.08 Å². The molecule has 546 valence electrons. The van der Waals surface area contributed by atoms with Crippen LogP contribution in [0, 0.1) is 0 Å². The van der Waals surface area contributed by atoms with Crippen LogP contribution < -0.4 is 5.32 Å². The van der Waals surface area contributed by atoms with Gasteiger partial charge in [0.2, 0.25) is 5.91 Å². The number of hydrogen-bond acceptors (Lipinski definition) is 18. The molecular weight excluding hydrogens is 1200 g/mol. The van der Waals surface area contributed by atoms with Crippen LogP contribution in [0.25, 0.3) is 0 Å². The van der Waals surface area contributed by atoms with Gasteiger partial charge in [0.05, 0.1) is 38.6 Å². The van der Waals surface area contributed by atoms with Crippen LogP contribution in [0.4, 0.5) is 0 Å². The average molecular weight is 1340 g/mol. The number of ether oxygens (including phenoxy) is 6. The van der Waals surface area contributed by atoms with Crippen molar-refractivity contribution in [3.63, 3.8) is 0 Å². The molecule has 12 N–H and O–H groups in total. The monoisotopic (exact) mass is 1340 g/mol. The van der Waals surface area contributed by atoms with Crippen LogP contribution in [0.1, 0.15) is 264 Å². The Morgan fingerprint density at radius 1 is 0.394 bits per heavy atom. The zero-order chi connectivity index (χ0) is 68.2. The van der Waals surface area contributed by atoms with Crippen LogP contribution in [-0.2, 0) is 33.2 Å². The first-order chi connectivity index (χ1) is 45.8. The molecule has 3 fully saturated rings. The maximum Gasteiger partial charge on any atom is 0.220 e. The summed E-state index contributed by atoms with van der Waals surface area (Å²) < 4.78 is 34.3. The first-order valence-electron chi connectivity index (χ1n) is 37.2. The standard InChI is InChI=1S/C75H133NO18/c1-3-5-7-9-11-13-15-16-17-18-19-20-21-22-23-24-25-26-27-28-29-30-31-32-33-34-35-36-37-38-39-40-41-42-43-45-47-49-51-53-63(81)76-58(59(80)52-50-48-46-44-14-12-10-8-6-4-2)57-89-73-69(87)66(84)71(61(55-78)91-73)94-75-70(88)67(85)72(62(56-79)92-75)93-74-68(86)65(83)64(82)60(54-77)90-74/h5,7,11,13-14,16-17,19-20,44,50,52,58-62,64-75,77-80,82-88H,3-4,6,8-10,12,15,18,21-43,45-49,51,53-57H2,1-2H3,(H,76,81)/b7-5-,13-11-,17-16-,20-19-,44-14+,52-50+. The fraction of sp³-hybridized carbons (Fsp3) is 0.827. The minimum atomic E-state index is -1.98. The summed E-state index contributed by atoms with van der Waals surface area (Å²) in [6, 6.07) is -0.988. The second-order valence-electron chi connectivity index (χ2n) is 26.4. The van der Waals surface area contributed by atoms with E-state index in [2.05, 4.69) is 79.9 Å². The van der Waals surface area contributed by atoms with Gasteiger partial charge in [0.15, 0.2) is 18.9 Å². The summed E-state index contributed by atoms with van der Waals surface area (Å²) in [7, 11) is 0. The van der Waals surface area contributed by atoms with Crippen LogP contribution in [0.5, 0.6) is 0 Å². The normalized spacial score (nSPS) is 27.8.